The summed E-state index contributed by atoms with van der Waals surface area (Å²) in [6.45, 7) is 9.05. The first kappa shape index (κ1) is 17.6. The fourth-order valence-corrected chi connectivity index (χ4v) is 4.22. The summed E-state index contributed by atoms with van der Waals surface area (Å²) in [5.74, 6) is 0.755. The average Bonchev–Trinajstić information content (AvgIpc) is 3.04. The van der Waals surface area contributed by atoms with Gasteiger partial charge < -0.3 is 14.6 Å². The highest BCUT2D eigenvalue weighted by Gasteiger charge is 2.38. The maximum atomic E-state index is 12.8. The van der Waals surface area contributed by atoms with E-state index in [-0.39, 0.29) is 5.91 Å². The van der Waals surface area contributed by atoms with Crippen molar-refractivity contribution < 1.29 is 9.53 Å². The molecule has 1 N–H and O–H groups in total. The Morgan fingerprint density at radius 2 is 1.96 bits per heavy atom. The van der Waals surface area contributed by atoms with E-state index in [2.05, 4.69) is 23.7 Å². The number of likely N-dealkylation sites (tertiary alicyclic amines) is 1. The number of rotatable bonds is 5. The van der Waals surface area contributed by atoms with Crippen LogP contribution in [0.5, 0.6) is 0 Å². The molecule has 0 saturated carbocycles. The van der Waals surface area contributed by atoms with Crippen molar-refractivity contribution in [3.8, 4) is 0 Å². The van der Waals surface area contributed by atoms with Crippen molar-refractivity contribution >= 4 is 16.8 Å². The Labute approximate surface area is 155 Å². The number of hydrogen-bond donors (Lipinski definition) is 1. The number of fused-ring (bicyclic) bond motifs is 1. The lowest BCUT2D eigenvalue weighted by atomic mass is 9.98. The van der Waals surface area contributed by atoms with Gasteiger partial charge in [-0.15, -0.1) is 0 Å². The van der Waals surface area contributed by atoms with Gasteiger partial charge in [0, 0.05) is 55.8 Å². The summed E-state index contributed by atoms with van der Waals surface area (Å²) in [6, 6.07) is 11.1. The number of aromatic amines is 1. The van der Waals surface area contributed by atoms with Crippen LogP contribution in [-0.4, -0.2) is 65.6 Å². The van der Waals surface area contributed by atoms with Crippen LogP contribution in [-0.2, 0) is 4.74 Å². The van der Waals surface area contributed by atoms with Gasteiger partial charge in [-0.2, -0.15) is 0 Å². The molecule has 0 aliphatic carbocycles. The summed E-state index contributed by atoms with van der Waals surface area (Å²) in [5, 5.41) is 1.09. The minimum Gasteiger partial charge on any atom is -0.381 e. The number of hydrogen-bond acceptors (Lipinski definition) is 3. The van der Waals surface area contributed by atoms with E-state index in [0.29, 0.717) is 23.7 Å². The van der Waals surface area contributed by atoms with Gasteiger partial charge in [-0.3, -0.25) is 9.69 Å². The Kier molecular flexibility index (Phi) is 5.00. The second kappa shape index (κ2) is 7.41. The zero-order valence-corrected chi connectivity index (χ0v) is 15.8. The molecule has 5 heteroatoms. The largest absolute Gasteiger partial charge is 0.381 e. The maximum Gasteiger partial charge on any atom is 0.270 e. The van der Waals surface area contributed by atoms with Crippen LogP contribution < -0.4 is 0 Å². The zero-order chi connectivity index (χ0) is 18.1. The van der Waals surface area contributed by atoms with Crippen molar-refractivity contribution in [1.29, 1.82) is 0 Å². The average molecular weight is 355 g/mol. The number of nitrogens with zero attached hydrogens (tertiary/aromatic N) is 2. The van der Waals surface area contributed by atoms with E-state index < -0.39 is 0 Å². The van der Waals surface area contributed by atoms with Crippen LogP contribution in [0, 0.1) is 5.92 Å². The minimum atomic E-state index is 0.119. The van der Waals surface area contributed by atoms with E-state index in [9.17, 15) is 4.79 Å². The van der Waals surface area contributed by atoms with Crippen LogP contribution in [0.2, 0.25) is 0 Å². The Balaban J connectivity index is 1.41. The summed E-state index contributed by atoms with van der Waals surface area (Å²) < 4.78 is 5.54. The minimum absolute atomic E-state index is 0.119. The van der Waals surface area contributed by atoms with Gasteiger partial charge in [-0.1, -0.05) is 32.0 Å². The van der Waals surface area contributed by atoms with Crippen LogP contribution in [0.4, 0.5) is 0 Å². The molecule has 2 saturated heterocycles. The quantitative estimate of drug-likeness (QED) is 0.896. The van der Waals surface area contributed by atoms with Crippen LogP contribution in [0.25, 0.3) is 10.9 Å². The van der Waals surface area contributed by atoms with Gasteiger partial charge in [0.05, 0.1) is 0 Å². The lowest BCUT2D eigenvalue weighted by molar-refractivity contribution is -0.0295. The second-order valence-corrected chi connectivity index (χ2v) is 8.07. The summed E-state index contributed by atoms with van der Waals surface area (Å²) >= 11 is 0. The molecule has 2 aliphatic rings. The molecule has 26 heavy (non-hydrogen) atoms. The number of para-hydroxylation sites is 1. The highest BCUT2D eigenvalue weighted by atomic mass is 16.5. The SMILES string of the molecule is CC(C)CN(C1CCOCC1)C1CN(C(=O)c2cc3ccccc3[nH]2)C1. The van der Waals surface area contributed by atoms with Crippen LogP contribution in [0.15, 0.2) is 30.3 Å². The second-order valence-electron chi connectivity index (χ2n) is 8.07. The number of carbonyl (C=O) groups excluding carboxylic acids is 1. The molecule has 0 atom stereocenters. The van der Waals surface area contributed by atoms with Gasteiger partial charge in [0.1, 0.15) is 5.69 Å². The maximum absolute atomic E-state index is 12.8. The first-order valence-electron chi connectivity index (χ1n) is 9.82. The molecule has 5 nitrogen and oxygen atoms in total. The number of amides is 1. The fraction of sp³-hybridized carbons (Fsp3) is 0.571. The zero-order valence-electron chi connectivity index (χ0n) is 15.8. The molecule has 4 rings (SSSR count). The summed E-state index contributed by atoms with van der Waals surface area (Å²) in [6.07, 6.45) is 2.22. The molecule has 0 spiro atoms. The Morgan fingerprint density at radius 3 is 2.65 bits per heavy atom. The molecule has 1 aromatic carbocycles. The van der Waals surface area contributed by atoms with Crippen LogP contribution in [0.3, 0.4) is 0 Å². The summed E-state index contributed by atoms with van der Waals surface area (Å²) in [5.41, 5.74) is 1.72. The third-order valence-corrected chi connectivity index (χ3v) is 5.61. The van der Waals surface area contributed by atoms with Gasteiger partial charge in [0.15, 0.2) is 0 Å². The Bertz CT molecular complexity index is 724. The number of aromatic nitrogens is 1. The van der Waals surface area contributed by atoms with Crippen molar-refractivity contribution in [3.63, 3.8) is 0 Å². The van der Waals surface area contributed by atoms with Gasteiger partial charge in [0.25, 0.3) is 5.91 Å². The standard InChI is InChI=1S/C21H29N3O2/c1-15(2)12-24(17-7-9-26-10-8-17)18-13-23(14-18)21(25)20-11-16-5-3-4-6-19(16)22-20/h3-6,11,15,17-18,22H,7-10,12-14H2,1-2H3. The first-order valence-corrected chi connectivity index (χ1v) is 9.82. The fourth-order valence-electron chi connectivity index (χ4n) is 4.22. The number of carbonyl (C=O) groups is 1. The van der Waals surface area contributed by atoms with E-state index in [4.69, 9.17) is 4.74 Å². The molecule has 1 amide bonds. The molecule has 1 aromatic heterocycles. The van der Waals surface area contributed by atoms with E-state index in [0.717, 1.165) is 56.6 Å². The summed E-state index contributed by atoms with van der Waals surface area (Å²) in [7, 11) is 0. The lowest BCUT2D eigenvalue weighted by Crippen LogP contribution is -2.64. The highest BCUT2D eigenvalue weighted by Crippen LogP contribution is 2.26. The summed E-state index contributed by atoms with van der Waals surface area (Å²) in [4.78, 5) is 20.7. The topological polar surface area (TPSA) is 48.6 Å². The predicted octanol–water partition coefficient (Wildman–Crippen LogP) is 3.13. The van der Waals surface area contributed by atoms with Crippen molar-refractivity contribution in [2.24, 2.45) is 5.92 Å². The predicted molar refractivity (Wildman–Crippen MR) is 103 cm³/mol. The molecule has 140 valence electrons. The monoisotopic (exact) mass is 355 g/mol. The first-order chi connectivity index (χ1) is 12.6. The Morgan fingerprint density at radius 1 is 1.23 bits per heavy atom. The molecule has 0 bridgehead atoms. The van der Waals surface area contributed by atoms with Crippen LogP contribution >= 0.6 is 0 Å². The van der Waals surface area contributed by atoms with E-state index in [1.54, 1.807) is 0 Å². The van der Waals surface area contributed by atoms with Gasteiger partial charge >= 0.3 is 0 Å². The van der Waals surface area contributed by atoms with E-state index in [1.807, 2.05) is 35.2 Å². The van der Waals surface area contributed by atoms with Crippen molar-refractivity contribution in [3.05, 3.63) is 36.0 Å². The van der Waals surface area contributed by atoms with Crippen LogP contribution in [0.1, 0.15) is 37.2 Å². The molecule has 2 aromatic rings. The van der Waals surface area contributed by atoms with Gasteiger partial charge in [-0.05, 0) is 30.9 Å². The lowest BCUT2D eigenvalue weighted by Gasteiger charge is -2.49. The molecule has 0 radical (unpaired) electrons. The van der Waals surface area contributed by atoms with E-state index >= 15 is 0 Å². The third-order valence-electron chi connectivity index (χ3n) is 5.61. The van der Waals surface area contributed by atoms with E-state index in [1.165, 1.54) is 0 Å². The highest BCUT2D eigenvalue weighted by molar-refractivity contribution is 5.98. The molecule has 0 unspecified atom stereocenters. The van der Waals surface area contributed by atoms with Crippen molar-refractivity contribution in [2.45, 2.75) is 38.8 Å². The van der Waals surface area contributed by atoms with Gasteiger partial charge in [0.2, 0.25) is 0 Å². The molecule has 2 aliphatic heterocycles. The Hall–Kier alpha value is -1.85. The van der Waals surface area contributed by atoms with Crippen molar-refractivity contribution in [2.75, 3.05) is 32.8 Å². The smallest absolute Gasteiger partial charge is 0.270 e. The molecular formula is C21H29N3O2. The molecule has 2 fully saturated rings. The normalized spacial score (nSPS) is 19.5. The third kappa shape index (κ3) is 3.51. The molecule has 3 heterocycles. The van der Waals surface area contributed by atoms with Crippen molar-refractivity contribution in [1.82, 2.24) is 14.8 Å². The number of ether oxygens (including phenoxy) is 1. The number of H-pyrrole nitrogens is 1. The molecular weight excluding hydrogens is 326 g/mol. The number of benzene rings is 1. The van der Waals surface area contributed by atoms with Gasteiger partial charge in [-0.25, -0.2) is 0 Å². The number of nitrogens with one attached hydrogen (secondary N) is 1.